The average Bonchev–Trinajstić information content (AvgIpc) is 3.01. The highest BCUT2D eigenvalue weighted by atomic mass is 127. The average molecular weight is 479 g/mol. The minimum Gasteiger partial charge on any atom is -0.357 e. The monoisotopic (exact) mass is 479 g/mol. The number of aryl methyl sites for hydroxylation is 1. The molecule has 1 aromatic carbocycles. The van der Waals surface area contributed by atoms with Crippen molar-refractivity contribution in [3.8, 4) is 0 Å². The van der Waals surface area contributed by atoms with E-state index in [1.165, 1.54) is 0 Å². The Labute approximate surface area is 177 Å². The zero-order valence-corrected chi connectivity index (χ0v) is 18.0. The number of carbonyl (C=O) groups is 1. The van der Waals surface area contributed by atoms with Crippen LogP contribution >= 0.6 is 24.0 Å². The third kappa shape index (κ3) is 5.92. The first kappa shape index (κ1) is 21.1. The number of hydrogen-bond donors (Lipinski definition) is 2. The summed E-state index contributed by atoms with van der Waals surface area (Å²) in [5.41, 5.74) is 2.85. The molecule has 1 atom stereocenters. The van der Waals surface area contributed by atoms with Gasteiger partial charge in [-0.25, -0.2) is 4.99 Å². The van der Waals surface area contributed by atoms with E-state index >= 15 is 0 Å². The van der Waals surface area contributed by atoms with Gasteiger partial charge in [-0.2, -0.15) is 0 Å². The minimum absolute atomic E-state index is 0. The van der Waals surface area contributed by atoms with Crippen molar-refractivity contribution in [1.82, 2.24) is 15.6 Å². The molecular formula is C20H26IN5O. The minimum atomic E-state index is 0. The highest BCUT2D eigenvalue weighted by Crippen LogP contribution is 2.20. The van der Waals surface area contributed by atoms with Crippen LogP contribution in [0.2, 0.25) is 0 Å². The van der Waals surface area contributed by atoms with Crippen molar-refractivity contribution in [2.75, 3.05) is 18.0 Å². The van der Waals surface area contributed by atoms with Gasteiger partial charge in [-0.15, -0.1) is 24.0 Å². The van der Waals surface area contributed by atoms with E-state index in [0.29, 0.717) is 25.5 Å². The van der Waals surface area contributed by atoms with Gasteiger partial charge in [0.2, 0.25) is 5.91 Å². The molecular weight excluding hydrogens is 453 g/mol. The molecule has 1 aliphatic heterocycles. The predicted octanol–water partition coefficient (Wildman–Crippen LogP) is 2.87. The Morgan fingerprint density at radius 3 is 2.70 bits per heavy atom. The van der Waals surface area contributed by atoms with Crippen LogP contribution in [0.5, 0.6) is 0 Å². The lowest BCUT2D eigenvalue weighted by molar-refractivity contribution is -0.117. The van der Waals surface area contributed by atoms with Crippen LogP contribution in [0.3, 0.4) is 0 Å². The third-order valence-electron chi connectivity index (χ3n) is 4.22. The molecule has 0 spiro atoms. The molecule has 1 saturated heterocycles. The quantitative estimate of drug-likeness (QED) is 0.393. The van der Waals surface area contributed by atoms with Crippen molar-refractivity contribution in [2.24, 2.45) is 4.99 Å². The lowest BCUT2D eigenvalue weighted by Gasteiger charge is -2.19. The molecule has 0 radical (unpaired) electrons. The summed E-state index contributed by atoms with van der Waals surface area (Å²) in [6.07, 6.45) is 0.460. The largest absolute Gasteiger partial charge is 0.357 e. The van der Waals surface area contributed by atoms with Crippen LogP contribution < -0.4 is 15.5 Å². The number of aliphatic imine (C=N–C) groups is 1. The molecule has 144 valence electrons. The van der Waals surface area contributed by atoms with E-state index in [2.05, 4.69) is 20.6 Å². The summed E-state index contributed by atoms with van der Waals surface area (Å²) in [5.74, 6) is 0.841. The molecule has 6 nitrogen and oxygen atoms in total. The van der Waals surface area contributed by atoms with Crippen LogP contribution in [0.25, 0.3) is 0 Å². The molecule has 1 unspecified atom stereocenters. The summed E-state index contributed by atoms with van der Waals surface area (Å²) < 4.78 is 0. The normalized spacial score (nSPS) is 16.8. The summed E-state index contributed by atoms with van der Waals surface area (Å²) in [5, 5.41) is 6.63. The number of halogens is 1. The molecule has 0 saturated carbocycles. The summed E-state index contributed by atoms with van der Waals surface area (Å²) in [4.78, 5) is 23.3. The predicted molar refractivity (Wildman–Crippen MR) is 120 cm³/mol. The second-order valence-electron chi connectivity index (χ2n) is 6.35. The van der Waals surface area contributed by atoms with Crippen molar-refractivity contribution in [3.05, 3.63) is 59.9 Å². The molecule has 27 heavy (non-hydrogen) atoms. The lowest BCUT2D eigenvalue weighted by atomic mass is 10.2. The Balaban J connectivity index is 0.00000261. The fourth-order valence-corrected chi connectivity index (χ4v) is 3.02. The zero-order valence-electron chi connectivity index (χ0n) is 15.7. The number of hydrogen-bond acceptors (Lipinski definition) is 3. The van der Waals surface area contributed by atoms with E-state index < -0.39 is 0 Å². The SMILES string of the molecule is CCNC(=NCc1cccc(C)n1)NC1CC(=O)N(c2ccccc2)C1.I. The second kappa shape index (κ2) is 10.2. The van der Waals surface area contributed by atoms with Crippen molar-refractivity contribution < 1.29 is 4.79 Å². The van der Waals surface area contributed by atoms with Gasteiger partial charge in [-0.05, 0) is 38.1 Å². The molecule has 3 rings (SSSR count). The summed E-state index contributed by atoms with van der Waals surface area (Å²) >= 11 is 0. The van der Waals surface area contributed by atoms with Gasteiger partial charge in [0.25, 0.3) is 0 Å². The fourth-order valence-electron chi connectivity index (χ4n) is 3.02. The molecule has 0 aliphatic carbocycles. The number of carbonyl (C=O) groups excluding carboxylic acids is 1. The molecule has 1 amide bonds. The first-order chi connectivity index (χ1) is 12.7. The number of aromatic nitrogens is 1. The van der Waals surface area contributed by atoms with Crippen molar-refractivity contribution in [1.29, 1.82) is 0 Å². The summed E-state index contributed by atoms with van der Waals surface area (Å²) in [6.45, 7) is 5.89. The molecule has 2 heterocycles. The molecule has 2 aromatic rings. The molecule has 1 aliphatic rings. The highest BCUT2D eigenvalue weighted by molar-refractivity contribution is 14.0. The highest BCUT2D eigenvalue weighted by Gasteiger charge is 2.31. The Bertz CT molecular complexity index is 781. The summed E-state index contributed by atoms with van der Waals surface area (Å²) in [6, 6.07) is 15.7. The van der Waals surface area contributed by atoms with Gasteiger partial charge < -0.3 is 15.5 Å². The number of guanidine groups is 1. The number of amides is 1. The molecule has 1 aromatic heterocycles. The van der Waals surface area contributed by atoms with Gasteiger partial charge in [0.05, 0.1) is 18.3 Å². The second-order valence-corrected chi connectivity index (χ2v) is 6.35. The number of nitrogens with one attached hydrogen (secondary N) is 2. The van der Waals surface area contributed by atoms with Gasteiger partial charge >= 0.3 is 0 Å². The van der Waals surface area contributed by atoms with E-state index in [1.807, 2.05) is 67.3 Å². The lowest BCUT2D eigenvalue weighted by Crippen LogP contribution is -2.44. The maximum absolute atomic E-state index is 12.4. The Morgan fingerprint density at radius 1 is 1.22 bits per heavy atom. The third-order valence-corrected chi connectivity index (χ3v) is 4.22. The molecule has 0 bridgehead atoms. The number of nitrogens with zero attached hydrogens (tertiary/aromatic N) is 3. The molecule has 7 heteroatoms. The van der Waals surface area contributed by atoms with Gasteiger partial charge in [0.15, 0.2) is 5.96 Å². The molecule has 1 fully saturated rings. The molecule has 2 N–H and O–H groups in total. The number of anilines is 1. The van der Waals surface area contributed by atoms with Crippen LogP contribution in [0.15, 0.2) is 53.5 Å². The Kier molecular flexibility index (Phi) is 8.02. The van der Waals surface area contributed by atoms with E-state index in [1.54, 1.807) is 0 Å². The first-order valence-corrected chi connectivity index (χ1v) is 8.98. The Hall–Kier alpha value is -2.16. The maximum Gasteiger partial charge on any atom is 0.229 e. The van der Waals surface area contributed by atoms with Crippen molar-refractivity contribution in [2.45, 2.75) is 32.9 Å². The van der Waals surface area contributed by atoms with Crippen LogP contribution in [-0.2, 0) is 11.3 Å². The smallest absolute Gasteiger partial charge is 0.229 e. The van der Waals surface area contributed by atoms with Crippen LogP contribution in [-0.4, -0.2) is 36.0 Å². The van der Waals surface area contributed by atoms with Crippen LogP contribution in [0.1, 0.15) is 24.7 Å². The van der Waals surface area contributed by atoms with E-state index in [0.717, 1.165) is 23.6 Å². The Morgan fingerprint density at radius 2 is 2.00 bits per heavy atom. The van der Waals surface area contributed by atoms with E-state index in [9.17, 15) is 4.79 Å². The van der Waals surface area contributed by atoms with Crippen LogP contribution in [0.4, 0.5) is 5.69 Å². The van der Waals surface area contributed by atoms with Gasteiger partial charge in [0.1, 0.15) is 0 Å². The first-order valence-electron chi connectivity index (χ1n) is 8.98. The number of rotatable bonds is 5. The standard InChI is InChI=1S/C20H25N5O.HI/c1-3-21-20(22-13-16-9-7-8-15(2)23-16)24-17-12-19(26)25(14-17)18-10-5-4-6-11-18;/h4-11,17H,3,12-14H2,1-2H3,(H2,21,22,24);1H. The number of benzene rings is 1. The summed E-state index contributed by atoms with van der Waals surface area (Å²) in [7, 11) is 0. The number of para-hydroxylation sites is 1. The van der Waals surface area contributed by atoms with E-state index in [-0.39, 0.29) is 35.9 Å². The van der Waals surface area contributed by atoms with Gasteiger partial charge in [-0.3, -0.25) is 9.78 Å². The fraction of sp³-hybridized carbons (Fsp3) is 0.350. The maximum atomic E-state index is 12.4. The van der Waals surface area contributed by atoms with E-state index in [4.69, 9.17) is 0 Å². The topological polar surface area (TPSA) is 69.6 Å². The zero-order chi connectivity index (χ0) is 18.4. The van der Waals surface area contributed by atoms with Crippen molar-refractivity contribution >= 4 is 41.5 Å². The number of pyridine rings is 1. The van der Waals surface area contributed by atoms with Crippen molar-refractivity contribution in [3.63, 3.8) is 0 Å². The van der Waals surface area contributed by atoms with Crippen LogP contribution in [0, 0.1) is 6.92 Å². The van der Waals surface area contributed by atoms with Gasteiger partial charge in [0, 0.05) is 30.9 Å². The van der Waals surface area contributed by atoms with Gasteiger partial charge in [-0.1, -0.05) is 24.3 Å².